The molecule has 0 aliphatic carbocycles. The smallest absolute Gasteiger partial charge is 0.244 e. The van der Waals surface area contributed by atoms with Gasteiger partial charge in [-0.05, 0) is 39.2 Å². The fourth-order valence-corrected chi connectivity index (χ4v) is 2.90. The molecule has 0 unspecified atom stereocenters. The molecule has 6 nitrogen and oxygen atoms in total. The quantitative estimate of drug-likeness (QED) is 0.724. The highest BCUT2D eigenvalue weighted by Crippen LogP contribution is 2.28. The van der Waals surface area contributed by atoms with Crippen LogP contribution in [0.25, 0.3) is 0 Å². The van der Waals surface area contributed by atoms with Crippen LogP contribution in [0.3, 0.4) is 0 Å². The maximum absolute atomic E-state index is 12.2. The van der Waals surface area contributed by atoms with E-state index in [1.165, 1.54) is 20.3 Å². The summed E-state index contributed by atoms with van der Waals surface area (Å²) in [7, 11) is 3.26. The number of nitrogens with one attached hydrogen (secondary N) is 1. The lowest BCUT2D eigenvalue weighted by Gasteiger charge is -2.13. The number of nitrogens with zero attached hydrogens (tertiary/aromatic N) is 1. The van der Waals surface area contributed by atoms with Crippen molar-refractivity contribution in [1.29, 1.82) is 0 Å². The lowest BCUT2D eigenvalue weighted by atomic mass is 10.3. The number of benzene rings is 1. The van der Waals surface area contributed by atoms with E-state index in [0.29, 0.717) is 12.3 Å². The number of sulfonamides is 1. The van der Waals surface area contributed by atoms with Gasteiger partial charge in [0.05, 0.1) is 14.2 Å². The molecule has 0 spiro atoms. The Morgan fingerprint density at radius 2 is 1.90 bits per heavy atom. The first-order valence-electron chi connectivity index (χ1n) is 6.27. The second-order valence-corrected chi connectivity index (χ2v) is 6.31. The van der Waals surface area contributed by atoms with Crippen LogP contribution < -0.4 is 14.2 Å². The van der Waals surface area contributed by atoms with Crippen LogP contribution in [0.4, 0.5) is 0 Å². The molecule has 7 heteroatoms. The SMILES string of the molecule is COc1ccc(S(=O)(=O)NCCCN(C)C)c(OC)c1. The van der Waals surface area contributed by atoms with Gasteiger partial charge < -0.3 is 14.4 Å². The van der Waals surface area contributed by atoms with Gasteiger partial charge in [0, 0.05) is 12.6 Å². The average Bonchev–Trinajstić information content (AvgIpc) is 2.42. The molecule has 1 aromatic carbocycles. The van der Waals surface area contributed by atoms with Crippen LogP contribution in [0.5, 0.6) is 11.5 Å². The molecule has 0 amide bonds. The van der Waals surface area contributed by atoms with Crippen LogP contribution in [-0.4, -0.2) is 54.7 Å². The van der Waals surface area contributed by atoms with Crippen molar-refractivity contribution in [3.63, 3.8) is 0 Å². The summed E-state index contributed by atoms with van der Waals surface area (Å²) in [6.45, 7) is 1.21. The van der Waals surface area contributed by atoms with Gasteiger partial charge in [-0.15, -0.1) is 0 Å². The Balaban J connectivity index is 2.81. The molecule has 0 radical (unpaired) electrons. The highest BCUT2D eigenvalue weighted by molar-refractivity contribution is 7.89. The molecule has 20 heavy (non-hydrogen) atoms. The van der Waals surface area contributed by atoms with Gasteiger partial charge in [-0.1, -0.05) is 0 Å². The lowest BCUT2D eigenvalue weighted by Crippen LogP contribution is -2.27. The largest absolute Gasteiger partial charge is 0.497 e. The van der Waals surface area contributed by atoms with E-state index in [1.54, 1.807) is 12.1 Å². The minimum absolute atomic E-state index is 0.116. The predicted molar refractivity (Wildman–Crippen MR) is 77.9 cm³/mol. The fourth-order valence-electron chi connectivity index (χ4n) is 1.68. The van der Waals surface area contributed by atoms with Crippen LogP contribution in [0.15, 0.2) is 23.1 Å². The maximum Gasteiger partial charge on any atom is 0.244 e. The van der Waals surface area contributed by atoms with Crippen LogP contribution in [0.1, 0.15) is 6.42 Å². The minimum atomic E-state index is -3.58. The van der Waals surface area contributed by atoms with Crippen molar-refractivity contribution in [3.8, 4) is 11.5 Å². The summed E-state index contributed by atoms with van der Waals surface area (Å²) in [5, 5.41) is 0. The summed E-state index contributed by atoms with van der Waals surface area (Å²) in [6.07, 6.45) is 0.741. The van der Waals surface area contributed by atoms with E-state index < -0.39 is 10.0 Å². The average molecular weight is 302 g/mol. The van der Waals surface area contributed by atoms with Crippen molar-refractivity contribution in [1.82, 2.24) is 9.62 Å². The predicted octanol–water partition coefficient (Wildman–Crippen LogP) is 0.934. The third-order valence-electron chi connectivity index (χ3n) is 2.73. The van der Waals surface area contributed by atoms with Crippen molar-refractivity contribution in [2.24, 2.45) is 0 Å². The van der Waals surface area contributed by atoms with Gasteiger partial charge in [0.25, 0.3) is 0 Å². The Labute approximate surface area is 120 Å². The number of hydrogen-bond acceptors (Lipinski definition) is 5. The zero-order valence-corrected chi connectivity index (χ0v) is 13.2. The third kappa shape index (κ3) is 4.66. The number of rotatable bonds is 8. The Bertz CT molecular complexity index is 529. The second-order valence-electron chi connectivity index (χ2n) is 4.57. The van der Waals surface area contributed by atoms with E-state index in [9.17, 15) is 8.42 Å². The Morgan fingerprint density at radius 1 is 1.20 bits per heavy atom. The summed E-state index contributed by atoms with van der Waals surface area (Å²) < 4.78 is 37.1. The van der Waals surface area contributed by atoms with Gasteiger partial charge >= 0.3 is 0 Å². The molecule has 114 valence electrons. The van der Waals surface area contributed by atoms with Crippen LogP contribution in [-0.2, 0) is 10.0 Å². The molecule has 0 saturated heterocycles. The van der Waals surface area contributed by atoms with Gasteiger partial charge in [-0.3, -0.25) is 0 Å². The van der Waals surface area contributed by atoms with E-state index in [4.69, 9.17) is 9.47 Å². The van der Waals surface area contributed by atoms with Crippen molar-refractivity contribution < 1.29 is 17.9 Å². The van der Waals surface area contributed by atoms with Crippen LogP contribution >= 0.6 is 0 Å². The molecule has 0 bridgehead atoms. The fraction of sp³-hybridized carbons (Fsp3) is 0.538. The van der Waals surface area contributed by atoms with Crippen LogP contribution in [0.2, 0.25) is 0 Å². The van der Waals surface area contributed by atoms with E-state index in [1.807, 2.05) is 19.0 Å². The molecular weight excluding hydrogens is 280 g/mol. The molecular formula is C13H22N2O4S. The van der Waals surface area contributed by atoms with E-state index in [0.717, 1.165) is 13.0 Å². The summed E-state index contributed by atoms with van der Waals surface area (Å²) >= 11 is 0. The van der Waals surface area contributed by atoms with Gasteiger partial charge in [-0.2, -0.15) is 0 Å². The summed E-state index contributed by atoms with van der Waals surface area (Å²) in [6, 6.07) is 4.62. The number of hydrogen-bond donors (Lipinski definition) is 1. The standard InChI is InChI=1S/C13H22N2O4S/c1-15(2)9-5-8-14-20(16,17)13-7-6-11(18-3)10-12(13)19-4/h6-7,10,14H,5,8-9H2,1-4H3. The molecule has 0 atom stereocenters. The monoisotopic (exact) mass is 302 g/mol. The molecule has 1 rings (SSSR count). The van der Waals surface area contributed by atoms with Gasteiger partial charge in [-0.25, -0.2) is 13.1 Å². The summed E-state index contributed by atoms with van der Waals surface area (Å²) in [5.74, 6) is 0.817. The van der Waals surface area contributed by atoms with Gasteiger partial charge in [0.1, 0.15) is 16.4 Å². The van der Waals surface area contributed by atoms with Crippen molar-refractivity contribution in [3.05, 3.63) is 18.2 Å². The van der Waals surface area contributed by atoms with Gasteiger partial charge in [0.2, 0.25) is 10.0 Å². The Hall–Kier alpha value is -1.31. The molecule has 0 saturated carbocycles. The Morgan fingerprint density at radius 3 is 2.45 bits per heavy atom. The van der Waals surface area contributed by atoms with Crippen molar-refractivity contribution >= 4 is 10.0 Å². The molecule has 0 heterocycles. The summed E-state index contributed by atoms with van der Waals surface area (Å²) in [5.41, 5.74) is 0. The number of methoxy groups -OCH3 is 2. The van der Waals surface area contributed by atoms with Crippen molar-refractivity contribution in [2.75, 3.05) is 41.4 Å². The first-order valence-corrected chi connectivity index (χ1v) is 7.75. The number of ether oxygens (including phenoxy) is 2. The maximum atomic E-state index is 12.2. The zero-order chi connectivity index (χ0) is 15.2. The molecule has 0 aliphatic rings. The molecule has 1 N–H and O–H groups in total. The van der Waals surface area contributed by atoms with Crippen LogP contribution in [0, 0.1) is 0 Å². The molecule has 0 aromatic heterocycles. The van der Waals surface area contributed by atoms with E-state index in [2.05, 4.69) is 4.72 Å². The molecule has 1 aromatic rings. The molecule has 0 aliphatic heterocycles. The topological polar surface area (TPSA) is 67.9 Å². The minimum Gasteiger partial charge on any atom is -0.497 e. The van der Waals surface area contributed by atoms with E-state index in [-0.39, 0.29) is 10.6 Å². The first kappa shape index (κ1) is 16.7. The summed E-state index contributed by atoms with van der Waals surface area (Å²) in [4.78, 5) is 2.12. The van der Waals surface area contributed by atoms with E-state index >= 15 is 0 Å². The second kappa shape index (κ2) is 7.47. The van der Waals surface area contributed by atoms with Crippen molar-refractivity contribution in [2.45, 2.75) is 11.3 Å². The third-order valence-corrected chi connectivity index (χ3v) is 4.23. The lowest BCUT2D eigenvalue weighted by molar-refractivity contribution is 0.385. The molecule has 0 fully saturated rings. The Kier molecular flexibility index (Phi) is 6.25. The first-order chi connectivity index (χ1) is 9.40. The highest BCUT2D eigenvalue weighted by Gasteiger charge is 2.19. The zero-order valence-electron chi connectivity index (χ0n) is 12.3. The highest BCUT2D eigenvalue weighted by atomic mass is 32.2. The van der Waals surface area contributed by atoms with Gasteiger partial charge in [0.15, 0.2) is 0 Å². The normalized spacial score (nSPS) is 11.7.